The molecule has 1 aliphatic carbocycles. The molecule has 0 radical (unpaired) electrons. The van der Waals surface area contributed by atoms with Crippen LogP contribution < -0.4 is 5.32 Å². The molecule has 1 amide bonds. The summed E-state index contributed by atoms with van der Waals surface area (Å²) in [4.78, 5) is 22.5. The van der Waals surface area contributed by atoms with E-state index >= 15 is 0 Å². The molecular formula is C30H30N6O. The first-order chi connectivity index (χ1) is 18.0. The fourth-order valence-corrected chi connectivity index (χ4v) is 5.33. The fraction of sp³-hybridized carbons (Fsp3) is 0.300. The Hall–Kier alpha value is -3.99. The number of H-pyrrole nitrogens is 1. The number of hydrogen-bond donors (Lipinski definition) is 2. The largest absolute Gasteiger partial charge is 0.322 e. The SMILES string of the molecule is Cc1ccc(NC(=O)c2ccc3c(c2)CC[C@H]3N2CCN(C)CC2)cc1C#Cc1cnc2[nH]ncc2c1. The third-order valence-corrected chi connectivity index (χ3v) is 7.56. The number of aromatic amines is 1. The second kappa shape index (κ2) is 9.81. The molecule has 0 unspecified atom stereocenters. The lowest BCUT2D eigenvalue weighted by Gasteiger charge is -2.36. The number of carbonyl (C=O) groups excluding carboxylic acids is 1. The van der Waals surface area contributed by atoms with E-state index in [2.05, 4.69) is 61.3 Å². The molecule has 186 valence electrons. The number of likely N-dealkylation sites (N-methyl/N-ethyl adjacent to an activating group) is 1. The molecule has 0 saturated carbocycles. The highest BCUT2D eigenvalue weighted by Crippen LogP contribution is 2.36. The van der Waals surface area contributed by atoms with Crippen LogP contribution in [0.15, 0.2) is 54.9 Å². The van der Waals surface area contributed by atoms with Crippen molar-refractivity contribution in [2.24, 2.45) is 0 Å². The highest BCUT2D eigenvalue weighted by atomic mass is 16.1. The minimum Gasteiger partial charge on any atom is -0.322 e. The van der Waals surface area contributed by atoms with Gasteiger partial charge in [0.25, 0.3) is 5.91 Å². The van der Waals surface area contributed by atoms with E-state index in [0.29, 0.717) is 11.6 Å². The maximum atomic E-state index is 13.1. The van der Waals surface area contributed by atoms with Crippen LogP contribution in [0.25, 0.3) is 11.0 Å². The minimum absolute atomic E-state index is 0.0942. The number of hydrogen-bond acceptors (Lipinski definition) is 5. The van der Waals surface area contributed by atoms with Crippen molar-refractivity contribution in [3.8, 4) is 11.8 Å². The topological polar surface area (TPSA) is 77.2 Å². The van der Waals surface area contributed by atoms with E-state index in [9.17, 15) is 4.79 Å². The van der Waals surface area contributed by atoms with Gasteiger partial charge in [-0.15, -0.1) is 0 Å². The molecule has 0 bridgehead atoms. The Labute approximate surface area is 216 Å². The number of nitrogens with zero attached hydrogens (tertiary/aromatic N) is 4. The number of anilines is 1. The molecule has 6 rings (SSSR count). The number of fused-ring (bicyclic) bond motifs is 2. The maximum Gasteiger partial charge on any atom is 0.255 e. The van der Waals surface area contributed by atoms with Gasteiger partial charge in [0, 0.05) is 66.2 Å². The second-order valence-corrected chi connectivity index (χ2v) is 10.1. The van der Waals surface area contributed by atoms with Gasteiger partial charge in [-0.3, -0.25) is 14.8 Å². The van der Waals surface area contributed by atoms with Crippen LogP contribution in [0.5, 0.6) is 0 Å². The van der Waals surface area contributed by atoms with Crippen LogP contribution >= 0.6 is 0 Å². The standard InChI is InChI=1S/C30H30N6O/c1-20-3-8-26(17-22(20)5-4-21-15-25-19-32-34-29(25)31-18-21)33-30(37)24-6-9-27-23(16-24)7-10-28(27)36-13-11-35(2)12-14-36/h3,6,8-9,15-19,28H,7,10-14H2,1-2H3,(H,33,37)(H,31,32,34)/t28-/m1/s1. The van der Waals surface area contributed by atoms with Crippen molar-refractivity contribution in [2.45, 2.75) is 25.8 Å². The molecule has 2 N–H and O–H groups in total. The van der Waals surface area contributed by atoms with Crippen molar-refractivity contribution in [1.82, 2.24) is 25.0 Å². The van der Waals surface area contributed by atoms with E-state index in [-0.39, 0.29) is 5.91 Å². The van der Waals surface area contributed by atoms with Crippen molar-refractivity contribution < 1.29 is 4.79 Å². The number of rotatable bonds is 3. The number of aryl methyl sites for hydroxylation is 2. The van der Waals surface area contributed by atoms with Crippen LogP contribution in [0.1, 0.15) is 50.6 Å². The number of aromatic nitrogens is 3. The van der Waals surface area contributed by atoms with Gasteiger partial charge in [-0.05, 0) is 73.8 Å². The van der Waals surface area contributed by atoms with Gasteiger partial charge in [0.2, 0.25) is 0 Å². The Kier molecular flexibility index (Phi) is 6.21. The number of benzene rings is 2. The summed E-state index contributed by atoms with van der Waals surface area (Å²) in [6.45, 7) is 6.47. The zero-order valence-electron chi connectivity index (χ0n) is 21.2. The van der Waals surface area contributed by atoms with Gasteiger partial charge in [-0.2, -0.15) is 5.10 Å². The van der Waals surface area contributed by atoms with Gasteiger partial charge in [0.1, 0.15) is 0 Å². The Morgan fingerprint density at radius 2 is 1.92 bits per heavy atom. The predicted molar refractivity (Wildman–Crippen MR) is 146 cm³/mol. The molecule has 1 fully saturated rings. The first kappa shape index (κ1) is 23.4. The Balaban J connectivity index is 1.17. The van der Waals surface area contributed by atoms with Crippen LogP contribution in [0, 0.1) is 18.8 Å². The lowest BCUT2D eigenvalue weighted by atomic mass is 10.0. The predicted octanol–water partition coefficient (Wildman–Crippen LogP) is 4.15. The van der Waals surface area contributed by atoms with Crippen molar-refractivity contribution in [1.29, 1.82) is 0 Å². The summed E-state index contributed by atoms with van der Waals surface area (Å²) in [7, 11) is 2.19. The zero-order valence-corrected chi connectivity index (χ0v) is 21.2. The van der Waals surface area contributed by atoms with Gasteiger partial charge in [-0.25, -0.2) is 4.98 Å². The average molecular weight is 491 g/mol. The maximum absolute atomic E-state index is 13.1. The molecule has 4 aromatic rings. The van der Waals surface area contributed by atoms with Gasteiger partial charge >= 0.3 is 0 Å². The van der Waals surface area contributed by atoms with Crippen LogP contribution in [-0.4, -0.2) is 64.1 Å². The highest BCUT2D eigenvalue weighted by Gasteiger charge is 2.30. The third-order valence-electron chi connectivity index (χ3n) is 7.56. The molecule has 7 nitrogen and oxygen atoms in total. The lowest BCUT2D eigenvalue weighted by Crippen LogP contribution is -2.45. The summed E-state index contributed by atoms with van der Waals surface area (Å²) < 4.78 is 0. The van der Waals surface area contributed by atoms with E-state index in [4.69, 9.17) is 0 Å². The Morgan fingerprint density at radius 3 is 2.78 bits per heavy atom. The van der Waals surface area contributed by atoms with E-state index in [1.165, 1.54) is 11.1 Å². The van der Waals surface area contributed by atoms with Crippen LogP contribution in [0.4, 0.5) is 5.69 Å². The van der Waals surface area contributed by atoms with Gasteiger partial charge in [-0.1, -0.05) is 24.0 Å². The molecule has 0 spiro atoms. The smallest absolute Gasteiger partial charge is 0.255 e. The van der Waals surface area contributed by atoms with E-state index in [0.717, 1.165) is 72.4 Å². The number of piperazine rings is 1. The molecule has 1 saturated heterocycles. The third kappa shape index (κ3) is 4.86. The average Bonchev–Trinajstić information content (AvgIpc) is 3.56. The monoisotopic (exact) mass is 490 g/mol. The molecule has 37 heavy (non-hydrogen) atoms. The minimum atomic E-state index is -0.0942. The fourth-order valence-electron chi connectivity index (χ4n) is 5.33. The van der Waals surface area contributed by atoms with Crippen molar-refractivity contribution in [3.05, 3.63) is 88.2 Å². The summed E-state index contributed by atoms with van der Waals surface area (Å²) >= 11 is 0. The molecule has 1 atom stereocenters. The molecule has 1 aliphatic heterocycles. The highest BCUT2D eigenvalue weighted by molar-refractivity contribution is 6.04. The number of carbonyl (C=O) groups is 1. The first-order valence-corrected chi connectivity index (χ1v) is 12.8. The van der Waals surface area contributed by atoms with Crippen LogP contribution in [0.3, 0.4) is 0 Å². The number of nitrogens with one attached hydrogen (secondary N) is 2. The summed E-state index contributed by atoms with van der Waals surface area (Å²) in [5, 5.41) is 10.8. The summed E-state index contributed by atoms with van der Waals surface area (Å²) in [6.07, 6.45) is 5.63. The van der Waals surface area contributed by atoms with Crippen LogP contribution in [0.2, 0.25) is 0 Å². The molecule has 2 aromatic carbocycles. The van der Waals surface area contributed by atoms with Crippen LogP contribution in [-0.2, 0) is 6.42 Å². The molecule has 7 heteroatoms. The van der Waals surface area contributed by atoms with Crippen molar-refractivity contribution in [3.63, 3.8) is 0 Å². The zero-order chi connectivity index (χ0) is 25.4. The lowest BCUT2D eigenvalue weighted by molar-refractivity contribution is 0.102. The molecule has 2 aliphatic rings. The summed E-state index contributed by atoms with van der Waals surface area (Å²) in [6, 6.07) is 14.5. The molecule has 2 aromatic heterocycles. The number of pyridine rings is 1. The number of amides is 1. The van der Waals surface area contributed by atoms with Gasteiger partial charge in [0.05, 0.1) is 6.20 Å². The summed E-state index contributed by atoms with van der Waals surface area (Å²) in [5.74, 6) is 6.32. The Bertz CT molecular complexity index is 1540. The molecule has 3 heterocycles. The van der Waals surface area contributed by atoms with E-state index in [1.54, 1.807) is 12.4 Å². The normalized spacial score (nSPS) is 17.8. The second-order valence-electron chi connectivity index (χ2n) is 10.1. The summed E-state index contributed by atoms with van der Waals surface area (Å²) in [5.41, 5.74) is 7.60. The van der Waals surface area contributed by atoms with Crippen molar-refractivity contribution >= 4 is 22.6 Å². The molecular weight excluding hydrogens is 460 g/mol. The van der Waals surface area contributed by atoms with E-state index < -0.39 is 0 Å². The van der Waals surface area contributed by atoms with Gasteiger partial charge < -0.3 is 10.2 Å². The quantitative estimate of drug-likeness (QED) is 0.422. The van der Waals surface area contributed by atoms with E-state index in [1.807, 2.05) is 37.3 Å². The van der Waals surface area contributed by atoms with Crippen molar-refractivity contribution in [2.75, 3.05) is 38.5 Å². The first-order valence-electron chi connectivity index (χ1n) is 12.8. The van der Waals surface area contributed by atoms with Gasteiger partial charge in [0.15, 0.2) is 5.65 Å². The Morgan fingerprint density at radius 1 is 1.05 bits per heavy atom.